The Morgan fingerprint density at radius 2 is 2.38 bits per heavy atom. The van der Waals surface area contributed by atoms with E-state index in [1.165, 1.54) is 6.42 Å². The van der Waals surface area contributed by atoms with Crippen molar-refractivity contribution in [2.24, 2.45) is 4.99 Å². The maximum atomic E-state index is 5.90. The molecule has 4 rings (SSSR count). The Kier molecular flexibility index (Phi) is 4.17. The van der Waals surface area contributed by atoms with Gasteiger partial charge >= 0.3 is 0 Å². The SMILES string of the molecule is CN=C(NCc1cccnc1-n1ccnc1)NC1CC2CCC1O2. The highest BCUT2D eigenvalue weighted by Crippen LogP contribution is 2.34. The molecule has 2 bridgehead atoms. The van der Waals surface area contributed by atoms with E-state index >= 15 is 0 Å². The van der Waals surface area contributed by atoms with Gasteiger partial charge in [0.1, 0.15) is 12.1 Å². The predicted octanol–water partition coefficient (Wildman–Crippen LogP) is 1.25. The maximum Gasteiger partial charge on any atom is 0.191 e. The van der Waals surface area contributed by atoms with Gasteiger partial charge in [0.2, 0.25) is 0 Å². The van der Waals surface area contributed by atoms with Crippen LogP contribution in [0.5, 0.6) is 0 Å². The molecule has 0 aliphatic carbocycles. The molecule has 2 fully saturated rings. The van der Waals surface area contributed by atoms with Gasteiger partial charge in [-0.2, -0.15) is 0 Å². The van der Waals surface area contributed by atoms with E-state index in [1.54, 1.807) is 25.8 Å². The first-order chi connectivity index (χ1) is 11.8. The van der Waals surface area contributed by atoms with Crippen LogP contribution in [0.2, 0.25) is 0 Å². The highest BCUT2D eigenvalue weighted by Gasteiger charge is 2.41. The van der Waals surface area contributed by atoms with Crippen molar-refractivity contribution < 1.29 is 4.74 Å². The van der Waals surface area contributed by atoms with E-state index in [1.807, 2.05) is 16.8 Å². The van der Waals surface area contributed by atoms with Gasteiger partial charge in [0, 0.05) is 37.7 Å². The molecule has 7 heteroatoms. The van der Waals surface area contributed by atoms with Crippen molar-refractivity contribution in [1.29, 1.82) is 0 Å². The van der Waals surface area contributed by atoms with Crippen LogP contribution in [-0.4, -0.2) is 45.8 Å². The fourth-order valence-corrected chi connectivity index (χ4v) is 3.52. The van der Waals surface area contributed by atoms with Gasteiger partial charge in [0.05, 0.1) is 18.2 Å². The van der Waals surface area contributed by atoms with Crippen molar-refractivity contribution >= 4 is 5.96 Å². The van der Waals surface area contributed by atoms with E-state index in [4.69, 9.17) is 4.74 Å². The molecule has 2 aliphatic heterocycles. The number of guanidine groups is 1. The molecule has 2 N–H and O–H groups in total. The standard InChI is InChI=1S/C17H22N6O/c1-18-17(22-14-9-13-4-5-15(14)24-13)21-10-12-3-2-6-20-16(12)23-8-7-19-11-23/h2-3,6-8,11,13-15H,4-5,9-10H2,1H3,(H2,18,21,22). The number of nitrogens with zero attached hydrogens (tertiary/aromatic N) is 4. The minimum absolute atomic E-state index is 0.327. The first-order valence-corrected chi connectivity index (χ1v) is 8.38. The van der Waals surface area contributed by atoms with E-state index in [0.717, 1.165) is 30.2 Å². The summed E-state index contributed by atoms with van der Waals surface area (Å²) in [6.07, 6.45) is 11.4. The van der Waals surface area contributed by atoms with Crippen LogP contribution in [0.1, 0.15) is 24.8 Å². The van der Waals surface area contributed by atoms with Crippen LogP contribution in [0, 0.1) is 0 Å². The van der Waals surface area contributed by atoms with Gasteiger partial charge < -0.3 is 15.4 Å². The van der Waals surface area contributed by atoms with Crippen LogP contribution in [0.3, 0.4) is 0 Å². The van der Waals surface area contributed by atoms with Crippen molar-refractivity contribution in [3.8, 4) is 5.82 Å². The fraction of sp³-hybridized carbons (Fsp3) is 0.471. The molecule has 3 unspecified atom stereocenters. The molecule has 7 nitrogen and oxygen atoms in total. The normalized spacial score (nSPS) is 25.9. The number of aliphatic imine (C=N–C) groups is 1. The average molecular weight is 326 g/mol. The summed E-state index contributed by atoms with van der Waals surface area (Å²) >= 11 is 0. The molecule has 126 valence electrons. The third kappa shape index (κ3) is 2.99. The second-order valence-electron chi connectivity index (χ2n) is 6.24. The summed E-state index contributed by atoms with van der Waals surface area (Å²) in [6, 6.07) is 4.36. The summed E-state index contributed by atoms with van der Waals surface area (Å²) in [6.45, 7) is 0.642. The molecule has 0 spiro atoms. The van der Waals surface area contributed by atoms with Crippen LogP contribution < -0.4 is 10.6 Å². The molecule has 0 aromatic carbocycles. The fourth-order valence-electron chi connectivity index (χ4n) is 3.52. The van der Waals surface area contributed by atoms with Crippen molar-refractivity contribution in [2.75, 3.05) is 7.05 Å². The van der Waals surface area contributed by atoms with E-state index in [-0.39, 0.29) is 0 Å². The van der Waals surface area contributed by atoms with E-state index in [2.05, 4.69) is 31.7 Å². The van der Waals surface area contributed by atoms with Crippen LogP contribution in [0.15, 0.2) is 42.0 Å². The number of hydrogen-bond acceptors (Lipinski definition) is 4. The van der Waals surface area contributed by atoms with Crippen LogP contribution in [0.25, 0.3) is 5.82 Å². The summed E-state index contributed by atoms with van der Waals surface area (Å²) < 4.78 is 7.81. The molecule has 0 radical (unpaired) electrons. The second kappa shape index (κ2) is 6.60. The van der Waals surface area contributed by atoms with Crippen LogP contribution in [-0.2, 0) is 11.3 Å². The summed E-state index contributed by atoms with van der Waals surface area (Å²) in [5.74, 6) is 1.68. The predicted molar refractivity (Wildman–Crippen MR) is 91.0 cm³/mol. The lowest BCUT2D eigenvalue weighted by atomic mass is 9.96. The third-order valence-corrected chi connectivity index (χ3v) is 4.71. The number of imidazole rings is 1. The van der Waals surface area contributed by atoms with E-state index < -0.39 is 0 Å². The Morgan fingerprint density at radius 3 is 3.08 bits per heavy atom. The summed E-state index contributed by atoms with van der Waals surface area (Å²) in [4.78, 5) is 12.9. The lowest BCUT2D eigenvalue weighted by molar-refractivity contribution is 0.0992. The molecule has 2 aliphatic rings. The molecule has 0 amide bonds. The topological polar surface area (TPSA) is 76.4 Å². The maximum absolute atomic E-state index is 5.90. The number of nitrogens with one attached hydrogen (secondary N) is 2. The Labute approximate surface area is 141 Å². The lowest BCUT2D eigenvalue weighted by Crippen LogP contribution is -2.47. The molecular formula is C17H22N6O. The highest BCUT2D eigenvalue weighted by atomic mass is 16.5. The van der Waals surface area contributed by atoms with Gasteiger partial charge in [-0.3, -0.25) is 9.56 Å². The summed E-state index contributed by atoms with van der Waals surface area (Å²) in [5.41, 5.74) is 1.09. The van der Waals surface area contributed by atoms with Gasteiger partial charge in [-0.1, -0.05) is 6.07 Å². The number of hydrogen-bond donors (Lipinski definition) is 2. The van der Waals surface area contributed by atoms with Gasteiger partial charge in [-0.15, -0.1) is 0 Å². The number of ether oxygens (including phenoxy) is 1. The van der Waals surface area contributed by atoms with E-state index in [9.17, 15) is 0 Å². The minimum atomic E-state index is 0.327. The van der Waals surface area contributed by atoms with Crippen molar-refractivity contribution in [1.82, 2.24) is 25.2 Å². The molecule has 2 saturated heterocycles. The van der Waals surface area contributed by atoms with Crippen molar-refractivity contribution in [2.45, 2.75) is 44.1 Å². The first-order valence-electron chi connectivity index (χ1n) is 8.38. The largest absolute Gasteiger partial charge is 0.373 e. The third-order valence-electron chi connectivity index (χ3n) is 4.71. The Balaban J connectivity index is 1.41. The number of fused-ring (bicyclic) bond motifs is 2. The molecule has 3 atom stereocenters. The Bertz CT molecular complexity index is 714. The second-order valence-corrected chi connectivity index (χ2v) is 6.24. The summed E-state index contributed by atoms with van der Waals surface area (Å²) in [7, 11) is 1.80. The van der Waals surface area contributed by atoms with Crippen molar-refractivity contribution in [3.05, 3.63) is 42.6 Å². The van der Waals surface area contributed by atoms with Crippen LogP contribution >= 0.6 is 0 Å². The van der Waals surface area contributed by atoms with Gasteiger partial charge in [0.15, 0.2) is 5.96 Å². The van der Waals surface area contributed by atoms with Gasteiger partial charge in [0.25, 0.3) is 0 Å². The molecule has 0 saturated carbocycles. The quantitative estimate of drug-likeness (QED) is 0.653. The lowest BCUT2D eigenvalue weighted by Gasteiger charge is -2.23. The first kappa shape index (κ1) is 15.1. The zero-order chi connectivity index (χ0) is 16.4. The molecule has 2 aromatic rings. The zero-order valence-electron chi connectivity index (χ0n) is 13.7. The number of rotatable bonds is 4. The smallest absolute Gasteiger partial charge is 0.191 e. The highest BCUT2D eigenvalue weighted by molar-refractivity contribution is 5.80. The van der Waals surface area contributed by atoms with Gasteiger partial charge in [-0.05, 0) is 25.3 Å². The summed E-state index contributed by atoms with van der Waals surface area (Å²) in [5, 5.41) is 6.88. The Morgan fingerprint density at radius 1 is 1.42 bits per heavy atom. The zero-order valence-corrected chi connectivity index (χ0v) is 13.7. The monoisotopic (exact) mass is 326 g/mol. The molecule has 24 heavy (non-hydrogen) atoms. The number of aromatic nitrogens is 3. The molecule has 2 aromatic heterocycles. The Hall–Kier alpha value is -2.41. The van der Waals surface area contributed by atoms with Crippen LogP contribution in [0.4, 0.5) is 0 Å². The van der Waals surface area contributed by atoms with Crippen molar-refractivity contribution in [3.63, 3.8) is 0 Å². The number of pyridine rings is 1. The molecule has 4 heterocycles. The van der Waals surface area contributed by atoms with Gasteiger partial charge in [-0.25, -0.2) is 9.97 Å². The molecular weight excluding hydrogens is 304 g/mol. The minimum Gasteiger partial charge on any atom is -0.373 e. The average Bonchev–Trinajstić information content (AvgIpc) is 3.36. The van der Waals surface area contributed by atoms with E-state index in [0.29, 0.717) is 24.8 Å².